The number of anilines is 2. The molecule has 0 aliphatic carbocycles. The fourth-order valence-corrected chi connectivity index (χ4v) is 2.85. The number of hydrogen-bond acceptors (Lipinski definition) is 7. The highest BCUT2D eigenvalue weighted by Gasteiger charge is 2.12. The first-order valence-electron chi connectivity index (χ1n) is 5.30. The molecular weight excluding hydrogens is 288 g/mol. The Bertz CT molecular complexity index is 628. The molecule has 9 heteroatoms. The Balaban J connectivity index is 1.85. The standard InChI is InChI=1S/C10H12N4O3S2/c11-8-2-1-3-9(6-8)17-4-5-19(15,16)14-10-13-12-7-18-10/h1-3,6-7H,4-5,11H2,(H,13,14). The Labute approximate surface area is 114 Å². The molecule has 0 fully saturated rings. The van der Waals surface area contributed by atoms with Gasteiger partial charge in [-0.2, -0.15) is 0 Å². The lowest BCUT2D eigenvalue weighted by Crippen LogP contribution is -2.21. The van der Waals surface area contributed by atoms with Gasteiger partial charge in [0.2, 0.25) is 15.2 Å². The first-order chi connectivity index (χ1) is 9.05. The Morgan fingerprint density at radius 2 is 2.26 bits per heavy atom. The molecule has 19 heavy (non-hydrogen) atoms. The van der Waals surface area contributed by atoms with Crippen LogP contribution in [0.25, 0.3) is 0 Å². The van der Waals surface area contributed by atoms with Crippen LogP contribution >= 0.6 is 11.3 Å². The SMILES string of the molecule is Nc1cccc(OCCS(=O)(=O)Nc2nncs2)c1. The highest BCUT2D eigenvalue weighted by atomic mass is 32.2. The summed E-state index contributed by atoms with van der Waals surface area (Å²) in [6.45, 7) is 0.0254. The van der Waals surface area contributed by atoms with E-state index in [1.165, 1.54) is 5.51 Å². The fraction of sp³-hybridized carbons (Fsp3) is 0.200. The van der Waals surface area contributed by atoms with Gasteiger partial charge in [0.25, 0.3) is 0 Å². The van der Waals surface area contributed by atoms with E-state index in [0.29, 0.717) is 11.4 Å². The molecule has 0 saturated heterocycles. The second kappa shape index (κ2) is 5.85. The van der Waals surface area contributed by atoms with Gasteiger partial charge in [-0.25, -0.2) is 8.42 Å². The van der Waals surface area contributed by atoms with Crippen LogP contribution in [0.4, 0.5) is 10.8 Å². The van der Waals surface area contributed by atoms with E-state index >= 15 is 0 Å². The van der Waals surface area contributed by atoms with Crippen molar-refractivity contribution in [1.82, 2.24) is 10.2 Å². The highest BCUT2D eigenvalue weighted by Crippen LogP contribution is 2.15. The van der Waals surface area contributed by atoms with Crippen LogP contribution in [0.5, 0.6) is 5.75 Å². The molecule has 2 rings (SSSR count). The van der Waals surface area contributed by atoms with Crippen LogP contribution in [0.15, 0.2) is 29.8 Å². The van der Waals surface area contributed by atoms with E-state index in [0.717, 1.165) is 11.3 Å². The zero-order chi connectivity index (χ0) is 13.7. The average molecular weight is 300 g/mol. The number of hydrogen-bond donors (Lipinski definition) is 2. The summed E-state index contributed by atoms with van der Waals surface area (Å²) in [7, 11) is -3.48. The summed E-state index contributed by atoms with van der Waals surface area (Å²) in [6.07, 6.45) is 0. The van der Waals surface area contributed by atoms with E-state index in [1.807, 2.05) is 0 Å². The van der Waals surface area contributed by atoms with E-state index in [1.54, 1.807) is 24.3 Å². The van der Waals surface area contributed by atoms with Gasteiger partial charge in [-0.05, 0) is 12.1 Å². The van der Waals surface area contributed by atoms with Crippen LogP contribution in [0.2, 0.25) is 0 Å². The summed E-state index contributed by atoms with van der Waals surface area (Å²) in [5, 5.41) is 7.38. The van der Waals surface area contributed by atoms with Gasteiger partial charge >= 0.3 is 0 Å². The first kappa shape index (κ1) is 13.6. The number of nitrogens with one attached hydrogen (secondary N) is 1. The molecule has 0 bridgehead atoms. The van der Waals surface area contributed by atoms with Gasteiger partial charge in [0.15, 0.2) is 0 Å². The molecule has 0 radical (unpaired) electrons. The summed E-state index contributed by atoms with van der Waals surface area (Å²) < 4.78 is 31.0. The van der Waals surface area contributed by atoms with Gasteiger partial charge in [0.05, 0.1) is 0 Å². The number of ether oxygens (including phenoxy) is 1. The number of nitrogens with zero attached hydrogens (tertiary/aromatic N) is 2. The number of benzene rings is 1. The minimum Gasteiger partial charge on any atom is -0.492 e. The number of aromatic nitrogens is 2. The third kappa shape index (κ3) is 4.38. The third-order valence-electron chi connectivity index (χ3n) is 2.08. The van der Waals surface area contributed by atoms with Gasteiger partial charge in [-0.15, -0.1) is 10.2 Å². The Kier molecular flexibility index (Phi) is 4.17. The molecule has 7 nitrogen and oxygen atoms in total. The molecule has 0 unspecified atom stereocenters. The number of sulfonamides is 1. The smallest absolute Gasteiger partial charge is 0.237 e. The minimum atomic E-state index is -3.48. The van der Waals surface area contributed by atoms with Gasteiger partial charge < -0.3 is 10.5 Å². The van der Waals surface area contributed by atoms with E-state index in [9.17, 15) is 8.42 Å². The largest absolute Gasteiger partial charge is 0.492 e. The molecule has 0 aliphatic heterocycles. The Morgan fingerprint density at radius 3 is 2.95 bits per heavy atom. The molecule has 3 N–H and O–H groups in total. The van der Waals surface area contributed by atoms with E-state index in [-0.39, 0.29) is 17.5 Å². The van der Waals surface area contributed by atoms with Crippen molar-refractivity contribution in [1.29, 1.82) is 0 Å². The lowest BCUT2D eigenvalue weighted by Gasteiger charge is -2.07. The monoisotopic (exact) mass is 300 g/mol. The fourth-order valence-electron chi connectivity index (χ4n) is 1.28. The second-order valence-corrected chi connectivity index (χ2v) is 6.26. The molecule has 0 amide bonds. The molecule has 0 atom stereocenters. The summed E-state index contributed by atoms with van der Waals surface area (Å²) in [4.78, 5) is 0. The molecule has 0 saturated carbocycles. The van der Waals surface area contributed by atoms with Crippen molar-refractivity contribution in [3.05, 3.63) is 29.8 Å². The van der Waals surface area contributed by atoms with Gasteiger partial charge in [-0.3, -0.25) is 4.72 Å². The third-order valence-corrected chi connectivity index (χ3v) is 4.03. The molecule has 102 valence electrons. The molecule has 2 aromatic rings. The number of rotatable bonds is 6. The van der Waals surface area contributed by atoms with Crippen molar-refractivity contribution in [3.63, 3.8) is 0 Å². The van der Waals surface area contributed by atoms with Crippen LogP contribution in [0.1, 0.15) is 0 Å². The van der Waals surface area contributed by atoms with E-state index < -0.39 is 10.0 Å². The van der Waals surface area contributed by atoms with Crippen molar-refractivity contribution in [3.8, 4) is 5.75 Å². The van der Waals surface area contributed by atoms with E-state index in [4.69, 9.17) is 10.5 Å². The topological polar surface area (TPSA) is 107 Å². The van der Waals surface area contributed by atoms with Crippen LogP contribution in [-0.2, 0) is 10.0 Å². The zero-order valence-corrected chi connectivity index (χ0v) is 11.4. The van der Waals surface area contributed by atoms with Crippen molar-refractivity contribution in [2.24, 2.45) is 0 Å². The molecular formula is C10H12N4O3S2. The maximum Gasteiger partial charge on any atom is 0.237 e. The van der Waals surface area contributed by atoms with Crippen LogP contribution in [0, 0.1) is 0 Å². The van der Waals surface area contributed by atoms with E-state index in [2.05, 4.69) is 14.9 Å². The quantitative estimate of drug-likeness (QED) is 0.769. The molecule has 1 aromatic carbocycles. The van der Waals surface area contributed by atoms with Crippen molar-refractivity contribution >= 4 is 32.2 Å². The highest BCUT2D eigenvalue weighted by molar-refractivity contribution is 7.92. The van der Waals surface area contributed by atoms with Gasteiger partial charge in [0.1, 0.15) is 23.6 Å². The molecule has 0 spiro atoms. The van der Waals surface area contributed by atoms with Gasteiger partial charge in [0, 0.05) is 11.8 Å². The van der Waals surface area contributed by atoms with Crippen LogP contribution in [0.3, 0.4) is 0 Å². The lowest BCUT2D eigenvalue weighted by molar-refractivity contribution is 0.341. The summed E-state index contributed by atoms with van der Waals surface area (Å²) >= 11 is 1.11. The maximum absolute atomic E-state index is 11.7. The second-order valence-electron chi connectivity index (χ2n) is 3.59. The maximum atomic E-state index is 11.7. The van der Waals surface area contributed by atoms with Crippen molar-refractivity contribution < 1.29 is 13.2 Å². The summed E-state index contributed by atoms with van der Waals surface area (Å²) in [5.74, 6) is 0.354. The first-order valence-corrected chi connectivity index (χ1v) is 7.83. The Hall–Kier alpha value is -1.87. The zero-order valence-electron chi connectivity index (χ0n) is 9.81. The lowest BCUT2D eigenvalue weighted by atomic mass is 10.3. The normalized spacial score (nSPS) is 11.2. The predicted molar refractivity (Wildman–Crippen MR) is 73.7 cm³/mol. The van der Waals surface area contributed by atoms with Crippen molar-refractivity contribution in [2.75, 3.05) is 22.8 Å². The summed E-state index contributed by atoms with van der Waals surface area (Å²) in [5.41, 5.74) is 7.59. The summed E-state index contributed by atoms with van der Waals surface area (Å²) in [6, 6.07) is 6.80. The number of nitrogen functional groups attached to an aromatic ring is 1. The molecule has 1 aromatic heterocycles. The number of nitrogens with two attached hydrogens (primary N) is 1. The van der Waals surface area contributed by atoms with Crippen LogP contribution < -0.4 is 15.2 Å². The average Bonchev–Trinajstić information content (AvgIpc) is 2.80. The Morgan fingerprint density at radius 1 is 1.42 bits per heavy atom. The molecule has 1 heterocycles. The van der Waals surface area contributed by atoms with Gasteiger partial charge in [-0.1, -0.05) is 17.4 Å². The van der Waals surface area contributed by atoms with Crippen LogP contribution in [-0.4, -0.2) is 31.0 Å². The van der Waals surface area contributed by atoms with Crippen molar-refractivity contribution in [2.45, 2.75) is 0 Å². The molecule has 0 aliphatic rings. The predicted octanol–water partition coefficient (Wildman–Crippen LogP) is 0.941. The minimum absolute atomic E-state index is 0.0254.